The van der Waals surface area contributed by atoms with Crippen molar-refractivity contribution in [3.8, 4) is 11.5 Å². The number of amides is 2. The average Bonchev–Trinajstić information content (AvgIpc) is 2.88. The summed E-state index contributed by atoms with van der Waals surface area (Å²) in [5.74, 6) is 0.428. The van der Waals surface area contributed by atoms with Crippen molar-refractivity contribution in [2.45, 2.75) is 52.7 Å². The molecule has 0 aliphatic carbocycles. The Morgan fingerprint density at radius 3 is 2.03 bits per heavy atom. The van der Waals surface area contributed by atoms with Crippen molar-refractivity contribution >= 4 is 27.5 Å². The molecule has 3 rings (SSSR count). The highest BCUT2D eigenvalue weighted by Gasteiger charge is 2.32. The van der Waals surface area contributed by atoms with Gasteiger partial charge in [0.05, 0.1) is 11.9 Å². The predicted molar refractivity (Wildman–Crippen MR) is 154 cm³/mol. The lowest BCUT2D eigenvalue weighted by Gasteiger charge is -2.33. The number of ether oxygens (including phenoxy) is 1. The summed E-state index contributed by atoms with van der Waals surface area (Å²) in [6.07, 6.45) is 1.43. The second-order valence-corrected chi connectivity index (χ2v) is 11.7. The van der Waals surface area contributed by atoms with Crippen molar-refractivity contribution in [1.29, 1.82) is 0 Å². The number of benzene rings is 3. The van der Waals surface area contributed by atoms with Gasteiger partial charge in [-0.1, -0.05) is 55.0 Å². The zero-order valence-electron chi connectivity index (χ0n) is 23.1. The Balaban J connectivity index is 1.89. The van der Waals surface area contributed by atoms with E-state index in [1.807, 2.05) is 82.3 Å². The Hall–Kier alpha value is -3.85. The second kappa shape index (κ2) is 13.3. The summed E-state index contributed by atoms with van der Waals surface area (Å²) in [7, 11) is -3.82. The highest BCUT2D eigenvalue weighted by atomic mass is 32.2. The topological polar surface area (TPSA) is 96.0 Å². The second-order valence-electron chi connectivity index (χ2n) is 9.77. The molecule has 3 aromatic carbocycles. The summed E-state index contributed by atoms with van der Waals surface area (Å²) in [4.78, 5) is 28.3. The van der Waals surface area contributed by atoms with Gasteiger partial charge in [0.15, 0.2) is 0 Å². The molecule has 0 saturated heterocycles. The fourth-order valence-electron chi connectivity index (χ4n) is 4.11. The minimum Gasteiger partial charge on any atom is -0.457 e. The maximum atomic E-state index is 13.8. The highest BCUT2D eigenvalue weighted by molar-refractivity contribution is 7.92. The van der Waals surface area contributed by atoms with Crippen LogP contribution >= 0.6 is 0 Å². The molecule has 0 bridgehead atoms. The van der Waals surface area contributed by atoms with Crippen LogP contribution in [0.25, 0.3) is 0 Å². The van der Waals surface area contributed by atoms with Gasteiger partial charge in [-0.25, -0.2) is 8.42 Å². The normalized spacial score (nSPS) is 12.1. The van der Waals surface area contributed by atoms with Gasteiger partial charge >= 0.3 is 0 Å². The van der Waals surface area contributed by atoms with E-state index in [1.54, 1.807) is 24.3 Å². The predicted octanol–water partition coefficient (Wildman–Crippen LogP) is 4.89. The summed E-state index contributed by atoms with van der Waals surface area (Å²) < 4.78 is 32.5. The Morgan fingerprint density at radius 1 is 0.897 bits per heavy atom. The van der Waals surface area contributed by atoms with E-state index in [0.717, 1.165) is 21.7 Å². The first-order chi connectivity index (χ1) is 18.5. The summed E-state index contributed by atoms with van der Waals surface area (Å²) in [6.45, 7) is 7.23. The molecule has 0 fully saturated rings. The van der Waals surface area contributed by atoms with Gasteiger partial charge in [-0.15, -0.1) is 0 Å². The van der Waals surface area contributed by atoms with Crippen LogP contribution in [0.1, 0.15) is 38.3 Å². The number of carbonyl (C=O) groups is 2. The molecule has 0 radical (unpaired) electrons. The SMILES string of the molecule is CCC(C(=O)NC(C)C)N(Cc1ccc(C)cc1)C(=O)CN(c1ccc(Oc2ccccc2)cc1)S(C)(=O)=O. The number of aryl methyl sites for hydroxylation is 1. The number of para-hydroxylation sites is 1. The highest BCUT2D eigenvalue weighted by Crippen LogP contribution is 2.26. The minimum atomic E-state index is -3.82. The molecule has 0 saturated carbocycles. The summed E-state index contributed by atoms with van der Waals surface area (Å²) in [6, 6.07) is 22.6. The van der Waals surface area contributed by atoms with Crippen molar-refractivity contribution in [2.24, 2.45) is 0 Å². The summed E-state index contributed by atoms with van der Waals surface area (Å²) >= 11 is 0. The fraction of sp³-hybridized carbons (Fsp3) is 0.333. The molecule has 0 aliphatic heterocycles. The van der Waals surface area contributed by atoms with Gasteiger partial charge in [-0.05, 0) is 69.2 Å². The number of hydrogen-bond acceptors (Lipinski definition) is 5. The molecule has 0 aromatic heterocycles. The first-order valence-electron chi connectivity index (χ1n) is 12.9. The Bertz CT molecular complexity index is 1340. The van der Waals surface area contributed by atoms with Gasteiger partial charge in [0.1, 0.15) is 24.1 Å². The third-order valence-corrected chi connectivity index (χ3v) is 7.21. The number of nitrogens with one attached hydrogen (secondary N) is 1. The van der Waals surface area contributed by atoms with E-state index >= 15 is 0 Å². The Morgan fingerprint density at radius 2 is 1.49 bits per heavy atom. The number of sulfonamides is 1. The zero-order valence-corrected chi connectivity index (χ0v) is 23.9. The van der Waals surface area contributed by atoms with Gasteiger partial charge in [-0.2, -0.15) is 0 Å². The van der Waals surface area contributed by atoms with Gasteiger partial charge in [-0.3, -0.25) is 13.9 Å². The Labute approximate surface area is 231 Å². The molecule has 0 aliphatic rings. The largest absolute Gasteiger partial charge is 0.457 e. The smallest absolute Gasteiger partial charge is 0.244 e. The fourth-order valence-corrected chi connectivity index (χ4v) is 4.96. The van der Waals surface area contributed by atoms with Crippen LogP contribution in [0.4, 0.5) is 5.69 Å². The van der Waals surface area contributed by atoms with E-state index in [0.29, 0.717) is 23.6 Å². The minimum absolute atomic E-state index is 0.105. The number of carbonyl (C=O) groups excluding carboxylic acids is 2. The molecule has 1 N–H and O–H groups in total. The van der Waals surface area contributed by atoms with Crippen LogP contribution in [0, 0.1) is 6.92 Å². The van der Waals surface area contributed by atoms with Crippen LogP contribution in [-0.2, 0) is 26.2 Å². The molecule has 208 valence electrons. The van der Waals surface area contributed by atoms with Crippen LogP contribution in [0.15, 0.2) is 78.9 Å². The summed E-state index contributed by atoms with van der Waals surface area (Å²) in [5, 5.41) is 2.89. The van der Waals surface area contributed by atoms with Crippen LogP contribution in [0.5, 0.6) is 11.5 Å². The van der Waals surface area contributed by atoms with Crippen LogP contribution < -0.4 is 14.4 Å². The zero-order chi connectivity index (χ0) is 28.6. The number of nitrogens with zero attached hydrogens (tertiary/aromatic N) is 2. The molecule has 2 amide bonds. The molecule has 39 heavy (non-hydrogen) atoms. The third kappa shape index (κ3) is 8.58. The van der Waals surface area contributed by atoms with Crippen molar-refractivity contribution in [3.05, 3.63) is 90.0 Å². The van der Waals surface area contributed by atoms with E-state index in [-0.39, 0.29) is 18.5 Å². The van der Waals surface area contributed by atoms with Crippen LogP contribution in [-0.4, -0.2) is 50.0 Å². The quantitative estimate of drug-likeness (QED) is 0.346. The molecule has 8 nitrogen and oxygen atoms in total. The molecule has 0 heterocycles. The molecule has 3 aromatic rings. The number of hydrogen-bond donors (Lipinski definition) is 1. The van der Waals surface area contributed by atoms with E-state index in [4.69, 9.17) is 4.74 Å². The lowest BCUT2D eigenvalue weighted by molar-refractivity contribution is -0.140. The van der Waals surface area contributed by atoms with Gasteiger partial charge in [0, 0.05) is 12.6 Å². The number of rotatable bonds is 12. The third-order valence-electron chi connectivity index (χ3n) is 6.07. The Kier molecular flexibility index (Phi) is 10.1. The molecule has 9 heteroatoms. The molecule has 1 atom stereocenters. The van der Waals surface area contributed by atoms with Gasteiger partial charge in [0.2, 0.25) is 21.8 Å². The molecule has 1 unspecified atom stereocenters. The molecular weight excluding hydrogens is 514 g/mol. The van der Waals surface area contributed by atoms with Gasteiger partial charge in [0.25, 0.3) is 0 Å². The lowest BCUT2D eigenvalue weighted by atomic mass is 10.1. The van der Waals surface area contributed by atoms with Crippen molar-refractivity contribution in [1.82, 2.24) is 10.2 Å². The number of anilines is 1. The van der Waals surface area contributed by atoms with Crippen LogP contribution in [0.2, 0.25) is 0 Å². The monoisotopic (exact) mass is 551 g/mol. The van der Waals surface area contributed by atoms with E-state index in [2.05, 4.69) is 5.32 Å². The van der Waals surface area contributed by atoms with Crippen LogP contribution in [0.3, 0.4) is 0 Å². The van der Waals surface area contributed by atoms with Crippen molar-refractivity contribution in [2.75, 3.05) is 17.1 Å². The van der Waals surface area contributed by atoms with Crippen molar-refractivity contribution in [3.63, 3.8) is 0 Å². The first kappa shape index (κ1) is 29.7. The van der Waals surface area contributed by atoms with Gasteiger partial charge < -0.3 is 15.0 Å². The van der Waals surface area contributed by atoms with E-state index in [9.17, 15) is 18.0 Å². The maximum Gasteiger partial charge on any atom is 0.244 e. The maximum absolute atomic E-state index is 13.8. The van der Waals surface area contributed by atoms with E-state index in [1.165, 1.54) is 4.90 Å². The first-order valence-corrected chi connectivity index (χ1v) is 14.8. The van der Waals surface area contributed by atoms with E-state index < -0.39 is 28.5 Å². The standard InChI is InChI=1S/C30H37N3O5S/c1-6-28(30(35)31-22(2)3)32(20-24-14-12-23(4)13-15-24)29(34)21-33(39(5,36)37)25-16-18-27(19-17-25)38-26-10-8-7-9-11-26/h7-19,22,28H,6,20-21H2,1-5H3,(H,31,35). The average molecular weight is 552 g/mol. The lowest BCUT2D eigenvalue weighted by Crippen LogP contribution is -2.53. The molecular formula is C30H37N3O5S. The van der Waals surface area contributed by atoms with Crippen molar-refractivity contribution < 1.29 is 22.7 Å². The molecule has 0 spiro atoms. The summed E-state index contributed by atoms with van der Waals surface area (Å²) in [5.41, 5.74) is 2.24.